The lowest BCUT2D eigenvalue weighted by molar-refractivity contribution is 0.0512. The minimum atomic E-state index is 0. The lowest BCUT2D eigenvalue weighted by Crippen LogP contribution is -2.48. The lowest BCUT2D eigenvalue weighted by atomic mass is 9.74. The number of nitrogens with zero attached hydrogens (tertiary/aromatic N) is 4. The number of aryl methyl sites for hydroxylation is 1. The molecule has 8 heteroatoms. The molecule has 1 N–H and O–H groups in total. The highest BCUT2D eigenvalue weighted by Crippen LogP contribution is 2.35. The second kappa shape index (κ2) is 10.7. The number of halogens is 1. The van der Waals surface area contributed by atoms with Crippen molar-refractivity contribution in [1.29, 1.82) is 0 Å². The van der Waals surface area contributed by atoms with Gasteiger partial charge in [0.05, 0.1) is 13.3 Å². The van der Waals surface area contributed by atoms with Crippen LogP contribution in [0.5, 0.6) is 5.75 Å². The highest BCUT2D eigenvalue weighted by Gasteiger charge is 2.35. The van der Waals surface area contributed by atoms with Crippen molar-refractivity contribution in [3.8, 4) is 5.75 Å². The molecule has 1 atom stereocenters. The third-order valence-corrected chi connectivity index (χ3v) is 6.63. The summed E-state index contributed by atoms with van der Waals surface area (Å²) in [6, 6.07) is 8.51. The van der Waals surface area contributed by atoms with Crippen LogP contribution in [0.25, 0.3) is 0 Å². The molecule has 4 rings (SSSR count). The van der Waals surface area contributed by atoms with Crippen LogP contribution in [-0.4, -0.2) is 67.6 Å². The number of hydrogen-bond donors (Lipinski definition) is 1. The van der Waals surface area contributed by atoms with Gasteiger partial charge in [-0.05, 0) is 42.5 Å². The topological polar surface area (TPSA) is 63.9 Å². The normalized spacial score (nSPS) is 20.9. The number of guanidine groups is 1. The molecule has 1 aromatic carbocycles. The first kappa shape index (κ1) is 23.8. The van der Waals surface area contributed by atoms with Crippen molar-refractivity contribution in [1.82, 2.24) is 20.0 Å². The van der Waals surface area contributed by atoms with Gasteiger partial charge in [-0.15, -0.1) is 24.0 Å². The smallest absolute Gasteiger partial charge is 0.193 e. The van der Waals surface area contributed by atoms with Crippen LogP contribution >= 0.6 is 24.0 Å². The van der Waals surface area contributed by atoms with E-state index in [1.807, 2.05) is 25.0 Å². The van der Waals surface area contributed by atoms with E-state index in [0.29, 0.717) is 5.92 Å². The zero-order valence-corrected chi connectivity index (χ0v) is 21.0. The SMILES string of the molecule is CN=C(NCC1(c2ccc(OC)cc2)CCOCC1)N1CCC(c2cnn(C)c2)C1.I. The Morgan fingerprint density at radius 1 is 1.29 bits per heavy atom. The molecule has 2 fully saturated rings. The summed E-state index contributed by atoms with van der Waals surface area (Å²) < 4.78 is 12.9. The zero-order chi connectivity index (χ0) is 21.0. The molecule has 2 saturated heterocycles. The summed E-state index contributed by atoms with van der Waals surface area (Å²) in [7, 11) is 5.56. The number of methoxy groups -OCH3 is 1. The molecule has 0 aliphatic carbocycles. The Morgan fingerprint density at radius 2 is 2.03 bits per heavy atom. The van der Waals surface area contributed by atoms with E-state index in [-0.39, 0.29) is 29.4 Å². The second-order valence-corrected chi connectivity index (χ2v) is 8.40. The molecule has 0 saturated carbocycles. The van der Waals surface area contributed by atoms with Gasteiger partial charge in [-0.3, -0.25) is 9.67 Å². The van der Waals surface area contributed by atoms with Gasteiger partial charge < -0.3 is 19.7 Å². The van der Waals surface area contributed by atoms with E-state index in [9.17, 15) is 0 Å². The highest BCUT2D eigenvalue weighted by atomic mass is 127. The molecular weight excluding hydrogens is 505 g/mol. The van der Waals surface area contributed by atoms with E-state index >= 15 is 0 Å². The maximum atomic E-state index is 5.69. The fourth-order valence-corrected chi connectivity index (χ4v) is 4.73. The molecule has 170 valence electrons. The van der Waals surface area contributed by atoms with Gasteiger partial charge >= 0.3 is 0 Å². The molecule has 0 spiro atoms. The van der Waals surface area contributed by atoms with E-state index in [1.165, 1.54) is 11.1 Å². The van der Waals surface area contributed by atoms with Crippen LogP contribution in [0.3, 0.4) is 0 Å². The number of likely N-dealkylation sites (tertiary alicyclic amines) is 1. The quantitative estimate of drug-likeness (QED) is 0.360. The van der Waals surface area contributed by atoms with Gasteiger partial charge in [0, 0.05) is 64.5 Å². The first-order valence-corrected chi connectivity index (χ1v) is 10.8. The Balaban J connectivity index is 0.00000272. The molecule has 1 unspecified atom stereocenters. The monoisotopic (exact) mass is 539 g/mol. The number of aliphatic imine (C=N–C) groups is 1. The van der Waals surface area contributed by atoms with E-state index in [2.05, 4.69) is 50.8 Å². The van der Waals surface area contributed by atoms with E-state index in [4.69, 9.17) is 9.47 Å². The van der Waals surface area contributed by atoms with E-state index in [0.717, 1.165) is 63.8 Å². The van der Waals surface area contributed by atoms with Gasteiger partial charge in [-0.25, -0.2) is 0 Å². The summed E-state index contributed by atoms with van der Waals surface area (Å²) >= 11 is 0. The number of hydrogen-bond acceptors (Lipinski definition) is 4. The number of aromatic nitrogens is 2. The number of ether oxygens (including phenoxy) is 2. The van der Waals surface area contributed by atoms with Gasteiger partial charge in [0.25, 0.3) is 0 Å². The first-order valence-electron chi connectivity index (χ1n) is 10.8. The predicted octanol–water partition coefficient (Wildman–Crippen LogP) is 3.16. The Labute approximate surface area is 202 Å². The zero-order valence-electron chi connectivity index (χ0n) is 18.7. The summed E-state index contributed by atoms with van der Waals surface area (Å²) in [4.78, 5) is 6.97. The van der Waals surface area contributed by atoms with Crippen molar-refractivity contribution < 1.29 is 9.47 Å². The summed E-state index contributed by atoms with van der Waals surface area (Å²) in [5.41, 5.74) is 2.70. The van der Waals surface area contributed by atoms with Crippen LogP contribution in [0.2, 0.25) is 0 Å². The van der Waals surface area contributed by atoms with Crippen LogP contribution in [0, 0.1) is 0 Å². The largest absolute Gasteiger partial charge is 0.497 e. The van der Waals surface area contributed by atoms with Crippen molar-refractivity contribution >= 4 is 29.9 Å². The van der Waals surface area contributed by atoms with Crippen molar-refractivity contribution in [3.05, 3.63) is 47.8 Å². The fraction of sp³-hybridized carbons (Fsp3) is 0.565. The Bertz CT molecular complexity index is 861. The lowest BCUT2D eigenvalue weighted by Gasteiger charge is -2.39. The van der Waals surface area contributed by atoms with Gasteiger partial charge in [0.1, 0.15) is 5.75 Å². The van der Waals surface area contributed by atoms with Crippen molar-refractivity contribution in [2.75, 3.05) is 47.0 Å². The van der Waals surface area contributed by atoms with E-state index in [1.54, 1.807) is 7.11 Å². The second-order valence-electron chi connectivity index (χ2n) is 8.40. The molecule has 2 aromatic rings. The van der Waals surface area contributed by atoms with Crippen molar-refractivity contribution in [2.24, 2.45) is 12.0 Å². The van der Waals surface area contributed by atoms with E-state index < -0.39 is 0 Å². The molecule has 0 amide bonds. The predicted molar refractivity (Wildman–Crippen MR) is 134 cm³/mol. The Kier molecular flexibility index (Phi) is 8.21. The number of benzene rings is 1. The fourth-order valence-electron chi connectivity index (χ4n) is 4.73. The average molecular weight is 539 g/mol. The number of rotatable bonds is 5. The van der Waals surface area contributed by atoms with Gasteiger partial charge in [0.15, 0.2) is 5.96 Å². The Hall–Kier alpha value is -1.81. The van der Waals surface area contributed by atoms with Crippen LogP contribution in [-0.2, 0) is 17.2 Å². The molecule has 2 aliphatic heterocycles. The summed E-state index contributed by atoms with van der Waals surface area (Å²) in [5.74, 6) is 2.39. The molecule has 0 radical (unpaired) electrons. The molecule has 0 bridgehead atoms. The standard InChI is InChI=1S/C23H33N5O2.HI/c1-24-22(28-11-8-18(16-28)19-14-26-27(2)15-19)25-17-23(9-12-30-13-10-23)20-4-6-21(29-3)7-5-20;/h4-7,14-15,18H,8-13,16-17H2,1-3H3,(H,24,25);1H. The van der Waals surface area contributed by atoms with Gasteiger partial charge in [-0.2, -0.15) is 5.10 Å². The van der Waals surface area contributed by atoms with Crippen LogP contribution in [0.4, 0.5) is 0 Å². The maximum absolute atomic E-state index is 5.69. The molecule has 31 heavy (non-hydrogen) atoms. The highest BCUT2D eigenvalue weighted by molar-refractivity contribution is 14.0. The van der Waals surface area contributed by atoms with Gasteiger partial charge in [0.2, 0.25) is 0 Å². The maximum Gasteiger partial charge on any atom is 0.193 e. The molecule has 2 aliphatic rings. The summed E-state index contributed by atoms with van der Waals surface area (Å²) in [5, 5.41) is 8.03. The summed E-state index contributed by atoms with van der Waals surface area (Å²) in [6.45, 7) is 4.42. The van der Waals surface area contributed by atoms with Crippen LogP contribution < -0.4 is 10.1 Å². The van der Waals surface area contributed by atoms with Crippen LogP contribution in [0.1, 0.15) is 36.3 Å². The molecule has 7 nitrogen and oxygen atoms in total. The number of nitrogens with one attached hydrogen (secondary N) is 1. The third-order valence-electron chi connectivity index (χ3n) is 6.63. The van der Waals surface area contributed by atoms with Crippen molar-refractivity contribution in [3.63, 3.8) is 0 Å². The minimum absolute atomic E-state index is 0. The first-order chi connectivity index (χ1) is 14.6. The summed E-state index contributed by atoms with van der Waals surface area (Å²) in [6.07, 6.45) is 7.25. The minimum Gasteiger partial charge on any atom is -0.497 e. The molecule has 1 aromatic heterocycles. The molecule has 3 heterocycles. The van der Waals surface area contributed by atoms with Gasteiger partial charge in [-0.1, -0.05) is 12.1 Å². The third kappa shape index (κ3) is 5.34. The van der Waals surface area contributed by atoms with Crippen LogP contribution in [0.15, 0.2) is 41.7 Å². The van der Waals surface area contributed by atoms with Crippen molar-refractivity contribution in [2.45, 2.75) is 30.6 Å². The molecular formula is C23H34IN5O2. The Morgan fingerprint density at radius 3 is 2.65 bits per heavy atom. The average Bonchev–Trinajstić information content (AvgIpc) is 3.44.